The summed E-state index contributed by atoms with van der Waals surface area (Å²) in [5.74, 6) is -0.370. The minimum atomic E-state index is -0.888. The highest BCUT2D eigenvalue weighted by atomic mass is 16.5. The van der Waals surface area contributed by atoms with Gasteiger partial charge in [-0.3, -0.25) is 14.4 Å². The number of esters is 1. The molecule has 1 aliphatic heterocycles. The molecule has 1 amide bonds. The van der Waals surface area contributed by atoms with E-state index in [9.17, 15) is 14.4 Å². The third kappa shape index (κ3) is 4.22. The van der Waals surface area contributed by atoms with Crippen LogP contribution in [-0.2, 0) is 14.3 Å². The van der Waals surface area contributed by atoms with Gasteiger partial charge in [-0.15, -0.1) is 0 Å². The fourth-order valence-corrected chi connectivity index (χ4v) is 3.13. The highest BCUT2D eigenvalue weighted by molar-refractivity contribution is 6.01. The summed E-state index contributed by atoms with van der Waals surface area (Å²) in [6.07, 6.45) is -0.898. The highest BCUT2D eigenvalue weighted by Gasteiger charge is 2.27. The van der Waals surface area contributed by atoms with Gasteiger partial charge >= 0.3 is 5.97 Å². The van der Waals surface area contributed by atoms with Crippen molar-refractivity contribution < 1.29 is 23.9 Å². The van der Waals surface area contributed by atoms with Crippen molar-refractivity contribution in [2.24, 2.45) is 0 Å². The molecule has 6 heteroatoms. The molecule has 1 atom stereocenters. The normalized spacial score (nSPS) is 14.1. The Hall–Kier alpha value is -3.15. The molecule has 6 nitrogen and oxygen atoms in total. The zero-order valence-corrected chi connectivity index (χ0v) is 16.2. The molecular formula is C22H23NO5. The summed E-state index contributed by atoms with van der Waals surface area (Å²) in [6.45, 7) is 5.43. The number of nitrogens with zero attached hydrogens (tertiary/aromatic N) is 1. The first-order chi connectivity index (χ1) is 13.4. The smallest absolute Gasteiger partial charge is 0.308 e. The van der Waals surface area contributed by atoms with Crippen LogP contribution in [0.2, 0.25) is 0 Å². The summed E-state index contributed by atoms with van der Waals surface area (Å²) in [7, 11) is 0. The van der Waals surface area contributed by atoms with Crippen molar-refractivity contribution in [2.75, 3.05) is 18.1 Å². The number of fused-ring (bicyclic) bond motifs is 1. The average molecular weight is 381 g/mol. The molecule has 0 N–H and O–H groups in total. The van der Waals surface area contributed by atoms with Crippen molar-refractivity contribution in [1.82, 2.24) is 0 Å². The summed E-state index contributed by atoms with van der Waals surface area (Å²) in [4.78, 5) is 38.5. The molecule has 0 radical (unpaired) electrons. The second-order valence-electron chi connectivity index (χ2n) is 6.87. The molecule has 1 aliphatic rings. The zero-order chi connectivity index (χ0) is 20.3. The van der Waals surface area contributed by atoms with Crippen LogP contribution in [0.1, 0.15) is 34.8 Å². The van der Waals surface area contributed by atoms with Crippen molar-refractivity contribution in [2.45, 2.75) is 33.3 Å². The van der Waals surface area contributed by atoms with Crippen molar-refractivity contribution in [1.29, 1.82) is 0 Å². The molecule has 0 bridgehead atoms. The van der Waals surface area contributed by atoms with Gasteiger partial charge in [0.25, 0.3) is 5.91 Å². The Labute approximate surface area is 164 Å². The minimum absolute atomic E-state index is 0.00943. The molecular weight excluding hydrogens is 358 g/mol. The number of rotatable bonds is 6. The third-order valence-corrected chi connectivity index (χ3v) is 4.68. The standard InChI is InChI=1S/C22H23NO5/c1-14-8-9-15(2)17(12-14)22(26)16(3)28-21(25)10-11-23-18-6-4-5-7-19(18)27-13-20(23)24/h4-9,12,16H,10-11,13H2,1-3H3/t16-/m1/s1. The predicted octanol–water partition coefficient (Wildman–Crippen LogP) is 3.23. The maximum absolute atomic E-state index is 12.6. The number of carbonyl (C=O) groups excluding carboxylic acids is 3. The Morgan fingerprint density at radius 1 is 1.18 bits per heavy atom. The van der Waals surface area contributed by atoms with E-state index in [2.05, 4.69) is 0 Å². The maximum atomic E-state index is 12.6. The quantitative estimate of drug-likeness (QED) is 0.567. The second-order valence-corrected chi connectivity index (χ2v) is 6.87. The van der Waals surface area contributed by atoms with Crippen molar-refractivity contribution in [3.05, 3.63) is 59.2 Å². The third-order valence-electron chi connectivity index (χ3n) is 4.68. The lowest BCUT2D eigenvalue weighted by atomic mass is 9.99. The van der Waals surface area contributed by atoms with Gasteiger partial charge in [-0.05, 0) is 44.5 Å². The molecule has 1 heterocycles. The van der Waals surface area contributed by atoms with Crippen LogP contribution in [0.3, 0.4) is 0 Å². The molecule has 3 rings (SSSR count). The van der Waals surface area contributed by atoms with Gasteiger partial charge in [0.15, 0.2) is 12.7 Å². The fraction of sp³-hybridized carbons (Fsp3) is 0.318. The zero-order valence-electron chi connectivity index (χ0n) is 16.2. The predicted molar refractivity (Wildman–Crippen MR) is 105 cm³/mol. The van der Waals surface area contributed by atoms with Gasteiger partial charge in [-0.1, -0.05) is 29.8 Å². The lowest BCUT2D eigenvalue weighted by Gasteiger charge is -2.29. The summed E-state index contributed by atoms with van der Waals surface area (Å²) < 4.78 is 10.7. The number of anilines is 1. The Kier molecular flexibility index (Phi) is 5.78. The number of hydrogen-bond acceptors (Lipinski definition) is 5. The first kappa shape index (κ1) is 19.6. The van der Waals surface area contributed by atoms with Gasteiger partial charge in [-0.25, -0.2) is 0 Å². The molecule has 28 heavy (non-hydrogen) atoms. The molecule has 2 aromatic rings. The SMILES string of the molecule is Cc1ccc(C)c(C(=O)[C@@H](C)OC(=O)CCN2C(=O)COc3ccccc32)c1. The molecule has 0 spiro atoms. The number of amides is 1. The van der Waals surface area contributed by atoms with Gasteiger partial charge in [0, 0.05) is 12.1 Å². The number of hydrogen-bond donors (Lipinski definition) is 0. The number of ketones is 1. The van der Waals surface area contributed by atoms with E-state index >= 15 is 0 Å². The Morgan fingerprint density at radius 2 is 1.93 bits per heavy atom. The van der Waals surface area contributed by atoms with Gasteiger partial charge in [0.05, 0.1) is 12.1 Å². The number of benzene rings is 2. The number of Topliss-reactive ketones (excluding diaryl/α,β-unsaturated/α-hetero) is 1. The van der Waals surface area contributed by atoms with E-state index in [-0.39, 0.29) is 31.3 Å². The number of carbonyl (C=O) groups is 3. The van der Waals surface area contributed by atoms with Crippen molar-refractivity contribution in [3.8, 4) is 5.75 Å². The van der Waals surface area contributed by atoms with Crippen LogP contribution in [0.5, 0.6) is 5.75 Å². The van der Waals surface area contributed by atoms with Crippen molar-refractivity contribution in [3.63, 3.8) is 0 Å². The van der Waals surface area contributed by atoms with Gasteiger partial charge in [0.1, 0.15) is 5.75 Å². The topological polar surface area (TPSA) is 72.9 Å². The molecule has 0 saturated carbocycles. The van der Waals surface area contributed by atoms with Crippen molar-refractivity contribution >= 4 is 23.3 Å². The monoisotopic (exact) mass is 381 g/mol. The highest BCUT2D eigenvalue weighted by Crippen LogP contribution is 2.31. The van der Waals surface area contributed by atoms with Crippen LogP contribution < -0.4 is 9.64 Å². The molecule has 0 aliphatic carbocycles. The Bertz CT molecular complexity index is 921. The van der Waals surface area contributed by atoms with E-state index < -0.39 is 12.1 Å². The summed E-state index contributed by atoms with van der Waals surface area (Å²) in [5.41, 5.74) is 3.00. The van der Waals surface area contributed by atoms with Gasteiger partial charge < -0.3 is 14.4 Å². The maximum Gasteiger partial charge on any atom is 0.308 e. The minimum Gasteiger partial charge on any atom is -0.482 e. The Morgan fingerprint density at radius 3 is 2.71 bits per heavy atom. The van der Waals surface area contributed by atoms with Crippen LogP contribution in [0.4, 0.5) is 5.69 Å². The fourth-order valence-electron chi connectivity index (χ4n) is 3.13. The van der Waals surface area contributed by atoms with Crippen LogP contribution in [-0.4, -0.2) is 36.9 Å². The lowest BCUT2D eigenvalue weighted by molar-refractivity contribution is -0.146. The summed E-state index contributed by atoms with van der Waals surface area (Å²) >= 11 is 0. The first-order valence-corrected chi connectivity index (χ1v) is 9.20. The van der Waals surface area contributed by atoms with E-state index in [1.807, 2.05) is 32.0 Å². The molecule has 2 aromatic carbocycles. The largest absolute Gasteiger partial charge is 0.482 e. The van der Waals surface area contributed by atoms with Gasteiger partial charge in [0.2, 0.25) is 5.78 Å². The van der Waals surface area contributed by atoms with Crippen LogP contribution in [0.15, 0.2) is 42.5 Å². The van der Waals surface area contributed by atoms with Crippen LogP contribution in [0, 0.1) is 13.8 Å². The Balaban J connectivity index is 1.61. The lowest BCUT2D eigenvalue weighted by Crippen LogP contribution is -2.40. The first-order valence-electron chi connectivity index (χ1n) is 9.20. The molecule has 0 fully saturated rings. The van der Waals surface area contributed by atoms with E-state index in [0.717, 1.165) is 11.1 Å². The molecule has 0 unspecified atom stereocenters. The van der Waals surface area contributed by atoms with E-state index in [0.29, 0.717) is 17.0 Å². The number of ether oxygens (including phenoxy) is 2. The van der Waals surface area contributed by atoms with Crippen LogP contribution >= 0.6 is 0 Å². The van der Waals surface area contributed by atoms with Gasteiger partial charge in [-0.2, -0.15) is 0 Å². The van der Waals surface area contributed by atoms with E-state index in [1.54, 1.807) is 31.2 Å². The molecule has 0 aromatic heterocycles. The molecule has 146 valence electrons. The summed E-state index contributed by atoms with van der Waals surface area (Å²) in [5, 5.41) is 0. The molecule has 0 saturated heterocycles. The number of aryl methyl sites for hydroxylation is 2. The summed E-state index contributed by atoms with van der Waals surface area (Å²) in [6, 6.07) is 12.8. The average Bonchev–Trinajstić information content (AvgIpc) is 2.68. The second kappa shape index (κ2) is 8.25. The van der Waals surface area contributed by atoms with E-state index in [1.165, 1.54) is 4.90 Å². The van der Waals surface area contributed by atoms with E-state index in [4.69, 9.17) is 9.47 Å². The van der Waals surface area contributed by atoms with Crippen LogP contribution in [0.25, 0.3) is 0 Å². The number of para-hydroxylation sites is 2.